The van der Waals surface area contributed by atoms with Crippen LogP contribution in [0.5, 0.6) is 11.8 Å². The SMILES string of the molecule is CN1CCC[C@H]1COc1nc(N2C[C@H]3CC[C@@H](C2)N3C(=O)OC(C)(C)C)c2cnc(-c3cc(O)cc4ccccc34)cc2n1. The lowest BCUT2D eigenvalue weighted by Crippen LogP contribution is -2.57. The number of pyridine rings is 1. The Morgan fingerprint density at radius 2 is 1.80 bits per heavy atom. The van der Waals surface area contributed by atoms with Gasteiger partial charge in [-0.1, -0.05) is 24.3 Å². The molecule has 0 saturated carbocycles. The Kier molecular flexibility index (Phi) is 7.19. The summed E-state index contributed by atoms with van der Waals surface area (Å²) >= 11 is 0. The summed E-state index contributed by atoms with van der Waals surface area (Å²) in [6, 6.07) is 14.2. The summed E-state index contributed by atoms with van der Waals surface area (Å²) in [4.78, 5) is 34.3. The van der Waals surface area contributed by atoms with E-state index in [-0.39, 0.29) is 23.9 Å². The number of benzene rings is 2. The Balaban J connectivity index is 1.26. The highest BCUT2D eigenvalue weighted by atomic mass is 16.6. The van der Waals surface area contributed by atoms with Crippen LogP contribution in [0.3, 0.4) is 0 Å². The second-order valence-electron chi connectivity index (χ2n) is 13.4. The van der Waals surface area contributed by atoms with E-state index in [0.29, 0.717) is 37.4 Å². The van der Waals surface area contributed by atoms with Gasteiger partial charge in [0.1, 0.15) is 23.8 Å². The topological polar surface area (TPSA) is 104 Å². The molecule has 230 valence electrons. The number of phenolic OH excluding ortho intramolecular Hbond substituents is 1. The van der Waals surface area contributed by atoms with Crippen LogP contribution < -0.4 is 9.64 Å². The van der Waals surface area contributed by atoms with Crippen LogP contribution in [0.1, 0.15) is 46.5 Å². The average Bonchev–Trinajstić information content (AvgIpc) is 3.52. The Hall–Kier alpha value is -4.18. The molecule has 10 heteroatoms. The predicted molar refractivity (Wildman–Crippen MR) is 170 cm³/mol. The molecule has 0 aliphatic carbocycles. The number of anilines is 1. The molecule has 2 bridgehead atoms. The van der Waals surface area contributed by atoms with Gasteiger partial charge in [-0.15, -0.1) is 0 Å². The molecule has 0 unspecified atom stereocenters. The number of rotatable bonds is 5. The first-order valence-corrected chi connectivity index (χ1v) is 15.6. The highest BCUT2D eigenvalue weighted by Gasteiger charge is 2.45. The molecule has 44 heavy (non-hydrogen) atoms. The van der Waals surface area contributed by atoms with Crippen molar-refractivity contribution < 1.29 is 19.4 Å². The van der Waals surface area contributed by atoms with Crippen molar-refractivity contribution in [3.63, 3.8) is 0 Å². The number of carbonyl (C=O) groups is 1. The lowest BCUT2D eigenvalue weighted by atomic mass is 10.0. The fourth-order valence-electron chi connectivity index (χ4n) is 7.00. The van der Waals surface area contributed by atoms with Crippen molar-refractivity contribution in [1.82, 2.24) is 24.8 Å². The second-order valence-corrected chi connectivity index (χ2v) is 13.4. The van der Waals surface area contributed by atoms with Gasteiger partial charge in [-0.2, -0.15) is 9.97 Å². The Bertz CT molecular complexity index is 1710. The van der Waals surface area contributed by atoms with E-state index in [1.165, 1.54) is 0 Å². The zero-order valence-electron chi connectivity index (χ0n) is 25.9. The molecule has 3 atom stereocenters. The van der Waals surface area contributed by atoms with Crippen LogP contribution in [-0.2, 0) is 4.74 Å². The number of aromatic nitrogens is 3. The van der Waals surface area contributed by atoms with Crippen molar-refractivity contribution in [3.05, 3.63) is 48.7 Å². The van der Waals surface area contributed by atoms with E-state index >= 15 is 0 Å². The standard InChI is InChI=1S/C34H40N6O4/c1-34(2,3)44-33(42)40-22-11-12-23(40)19-39(18-22)31-28-17-35-29(27-15-25(41)14-21-8-5-6-10-26(21)27)16-30(28)36-32(37-31)43-20-24-9-7-13-38(24)4/h5-6,8,10,14-17,22-24,41H,7,9,11-13,18-20H2,1-4H3/t22-,23+,24-/m0/s1. The third kappa shape index (κ3) is 5.47. The van der Waals surface area contributed by atoms with Gasteiger partial charge in [0.25, 0.3) is 0 Å². The summed E-state index contributed by atoms with van der Waals surface area (Å²) in [5.41, 5.74) is 1.73. The number of ether oxygens (including phenoxy) is 2. The molecule has 1 amide bonds. The molecule has 1 N–H and O–H groups in total. The number of carbonyl (C=O) groups excluding carboxylic acids is 1. The quantitative estimate of drug-likeness (QED) is 0.315. The van der Waals surface area contributed by atoms with Crippen molar-refractivity contribution in [2.45, 2.75) is 70.2 Å². The largest absolute Gasteiger partial charge is 0.508 e. The Labute approximate surface area is 257 Å². The van der Waals surface area contributed by atoms with Crippen LogP contribution >= 0.6 is 0 Å². The summed E-state index contributed by atoms with van der Waals surface area (Å²) in [6.07, 6.45) is 5.68. The molecule has 0 radical (unpaired) electrons. The monoisotopic (exact) mass is 596 g/mol. The molecule has 10 nitrogen and oxygen atoms in total. The second kappa shape index (κ2) is 11.1. The lowest BCUT2D eigenvalue weighted by molar-refractivity contribution is 0.0122. The van der Waals surface area contributed by atoms with E-state index in [9.17, 15) is 9.90 Å². The Morgan fingerprint density at radius 1 is 1.02 bits per heavy atom. The molecular weight excluding hydrogens is 556 g/mol. The average molecular weight is 597 g/mol. The molecule has 3 fully saturated rings. The molecule has 2 aromatic heterocycles. The first-order chi connectivity index (χ1) is 21.1. The summed E-state index contributed by atoms with van der Waals surface area (Å²) in [6.45, 7) is 8.59. The van der Waals surface area contributed by atoms with Crippen LogP contribution in [0.2, 0.25) is 0 Å². The maximum absolute atomic E-state index is 13.1. The minimum absolute atomic E-state index is 0.0380. The maximum atomic E-state index is 13.1. The summed E-state index contributed by atoms with van der Waals surface area (Å²) in [7, 11) is 2.13. The first-order valence-electron chi connectivity index (χ1n) is 15.6. The molecule has 2 aromatic carbocycles. The van der Waals surface area contributed by atoms with E-state index in [1.807, 2.05) is 62.2 Å². The third-order valence-electron chi connectivity index (χ3n) is 9.13. The van der Waals surface area contributed by atoms with E-state index in [4.69, 9.17) is 24.4 Å². The van der Waals surface area contributed by atoms with Crippen molar-refractivity contribution in [1.29, 1.82) is 0 Å². The minimum atomic E-state index is -0.541. The van der Waals surface area contributed by atoms with Gasteiger partial charge in [0, 0.05) is 30.9 Å². The normalized spacial score (nSPS) is 22.2. The number of hydrogen-bond acceptors (Lipinski definition) is 9. The van der Waals surface area contributed by atoms with E-state index in [1.54, 1.807) is 12.1 Å². The first kappa shape index (κ1) is 28.6. The molecular formula is C34H40N6O4. The molecule has 5 heterocycles. The van der Waals surface area contributed by atoms with Crippen molar-refractivity contribution in [2.75, 3.05) is 38.2 Å². The highest BCUT2D eigenvalue weighted by molar-refractivity contribution is 5.99. The summed E-state index contributed by atoms with van der Waals surface area (Å²) in [5, 5.41) is 13.3. The molecule has 0 spiro atoms. The number of likely N-dealkylation sites (N-methyl/N-ethyl adjacent to an activating group) is 1. The molecule has 3 saturated heterocycles. The van der Waals surface area contributed by atoms with Crippen molar-refractivity contribution in [3.8, 4) is 23.0 Å². The smallest absolute Gasteiger partial charge is 0.410 e. The predicted octanol–water partition coefficient (Wildman–Crippen LogP) is 5.61. The number of likely N-dealkylation sites (tertiary alicyclic amines) is 1. The summed E-state index contributed by atoms with van der Waals surface area (Å²) < 4.78 is 12.0. The number of aromatic hydroxyl groups is 1. The van der Waals surface area contributed by atoms with Gasteiger partial charge in [0.2, 0.25) is 0 Å². The Morgan fingerprint density at radius 3 is 2.52 bits per heavy atom. The number of fused-ring (bicyclic) bond motifs is 4. The third-order valence-corrected chi connectivity index (χ3v) is 9.13. The van der Waals surface area contributed by atoms with Gasteiger partial charge in [0.05, 0.1) is 28.7 Å². The van der Waals surface area contributed by atoms with E-state index < -0.39 is 5.60 Å². The molecule has 3 aliphatic heterocycles. The maximum Gasteiger partial charge on any atom is 0.410 e. The number of hydrogen-bond donors (Lipinski definition) is 1. The number of piperazine rings is 1. The van der Waals surface area contributed by atoms with Gasteiger partial charge in [-0.25, -0.2) is 4.79 Å². The van der Waals surface area contributed by atoms with Crippen LogP contribution in [0.25, 0.3) is 32.9 Å². The van der Waals surface area contributed by atoms with Crippen molar-refractivity contribution >= 4 is 33.6 Å². The number of phenols is 1. The van der Waals surface area contributed by atoms with Crippen molar-refractivity contribution in [2.24, 2.45) is 0 Å². The van der Waals surface area contributed by atoms with Gasteiger partial charge < -0.3 is 24.4 Å². The van der Waals surface area contributed by atoms with Gasteiger partial charge in [-0.3, -0.25) is 9.88 Å². The van der Waals surface area contributed by atoms with Crippen LogP contribution in [0.4, 0.5) is 10.6 Å². The van der Waals surface area contributed by atoms with E-state index in [2.05, 4.69) is 16.8 Å². The van der Waals surface area contributed by atoms with Gasteiger partial charge in [-0.05, 0) is 89.0 Å². The molecule has 3 aliphatic rings. The summed E-state index contributed by atoms with van der Waals surface area (Å²) in [5.74, 6) is 0.956. The highest BCUT2D eigenvalue weighted by Crippen LogP contribution is 2.38. The van der Waals surface area contributed by atoms with Crippen LogP contribution in [0.15, 0.2) is 48.7 Å². The lowest BCUT2D eigenvalue weighted by Gasteiger charge is -2.42. The number of amides is 1. The zero-order valence-corrected chi connectivity index (χ0v) is 25.9. The zero-order chi connectivity index (χ0) is 30.6. The fraction of sp³-hybridized carbons (Fsp3) is 0.471. The minimum Gasteiger partial charge on any atom is -0.508 e. The molecule has 4 aromatic rings. The van der Waals surface area contributed by atoms with Crippen LogP contribution in [0, 0.1) is 0 Å². The van der Waals surface area contributed by atoms with Gasteiger partial charge >= 0.3 is 12.1 Å². The molecule has 7 rings (SSSR count). The fourth-order valence-corrected chi connectivity index (χ4v) is 7.00. The van der Waals surface area contributed by atoms with E-state index in [0.717, 1.165) is 65.3 Å². The van der Waals surface area contributed by atoms with Gasteiger partial charge in [0.15, 0.2) is 0 Å². The number of nitrogens with zero attached hydrogens (tertiary/aromatic N) is 6. The van der Waals surface area contributed by atoms with Crippen LogP contribution in [-0.4, -0.2) is 93.0 Å².